The number of carbonyl (C=O) groups is 2. The van der Waals surface area contributed by atoms with Gasteiger partial charge >= 0.3 is 0 Å². The van der Waals surface area contributed by atoms with Gasteiger partial charge in [-0.3, -0.25) is 13.9 Å². The number of anilines is 1. The normalized spacial score (nSPS) is 12.9. The Hall–Kier alpha value is -3.65. The van der Waals surface area contributed by atoms with Crippen LogP contribution in [-0.4, -0.2) is 43.8 Å². The van der Waals surface area contributed by atoms with Crippen molar-refractivity contribution in [2.24, 2.45) is 0 Å². The second-order valence-corrected chi connectivity index (χ2v) is 12.7. The van der Waals surface area contributed by atoms with E-state index in [0.717, 1.165) is 34.2 Å². The number of carbonyl (C=O) groups excluding carboxylic acids is 2. The van der Waals surface area contributed by atoms with Crippen LogP contribution in [0, 0.1) is 27.7 Å². The second-order valence-electron chi connectivity index (χ2n) is 10.9. The number of sulfonamides is 1. The van der Waals surface area contributed by atoms with Gasteiger partial charge in [-0.25, -0.2) is 8.42 Å². The SMILES string of the molecule is CC[C@@H](C)NC(=O)[C@H](CC)N(Cc1cccc(C)c1)C(=O)CN(c1cc(C)ccc1C)S(=O)(=O)c1ccc(C)cc1. The molecular weight excluding hydrogens is 534 g/mol. The first kappa shape index (κ1) is 31.9. The van der Waals surface area contributed by atoms with Crippen LogP contribution in [0.25, 0.3) is 0 Å². The molecule has 1 N–H and O–H groups in total. The highest BCUT2D eigenvalue weighted by molar-refractivity contribution is 7.92. The molecule has 41 heavy (non-hydrogen) atoms. The number of hydrogen-bond donors (Lipinski definition) is 1. The summed E-state index contributed by atoms with van der Waals surface area (Å²) in [6.45, 7) is 13.1. The molecule has 220 valence electrons. The number of nitrogens with zero attached hydrogens (tertiary/aromatic N) is 2. The Balaban J connectivity index is 2.10. The van der Waals surface area contributed by atoms with E-state index in [1.54, 1.807) is 30.3 Å². The molecule has 0 unspecified atom stereocenters. The quantitative estimate of drug-likeness (QED) is 0.293. The fourth-order valence-electron chi connectivity index (χ4n) is 4.71. The molecule has 2 amide bonds. The number of amides is 2. The summed E-state index contributed by atoms with van der Waals surface area (Å²) < 4.78 is 29.4. The van der Waals surface area contributed by atoms with E-state index in [1.807, 2.05) is 84.9 Å². The van der Waals surface area contributed by atoms with E-state index in [0.29, 0.717) is 12.1 Å². The maximum absolute atomic E-state index is 14.2. The maximum Gasteiger partial charge on any atom is 0.264 e. The Labute approximate surface area is 245 Å². The van der Waals surface area contributed by atoms with Gasteiger partial charge in [0.15, 0.2) is 0 Å². The molecule has 3 aromatic carbocycles. The molecule has 0 saturated carbocycles. The summed E-state index contributed by atoms with van der Waals surface area (Å²) in [7, 11) is -4.11. The second kappa shape index (κ2) is 13.8. The maximum atomic E-state index is 14.2. The Kier molecular flexibility index (Phi) is 10.7. The van der Waals surface area contributed by atoms with E-state index in [2.05, 4.69) is 5.32 Å². The minimum absolute atomic E-state index is 0.0548. The predicted octanol–water partition coefficient (Wildman–Crippen LogP) is 5.84. The van der Waals surface area contributed by atoms with Crippen LogP contribution in [0.4, 0.5) is 5.69 Å². The fraction of sp³-hybridized carbons (Fsp3) is 0.394. The van der Waals surface area contributed by atoms with Crippen molar-refractivity contribution in [3.05, 3.63) is 94.5 Å². The lowest BCUT2D eigenvalue weighted by atomic mass is 10.1. The molecule has 3 aromatic rings. The first-order chi connectivity index (χ1) is 19.4. The standard InChI is InChI=1S/C33H43N3O4S/c1-8-27(7)34-33(38)30(9-2)35(21-28-12-10-11-24(4)19-28)32(37)22-36(31-20-25(5)13-16-26(31)6)41(39,40)29-17-14-23(3)15-18-29/h10-20,27,30H,8-9,21-22H2,1-7H3,(H,34,38)/t27-,30+/m1/s1. The molecule has 0 saturated heterocycles. The number of hydrogen-bond acceptors (Lipinski definition) is 4. The molecule has 0 heterocycles. The van der Waals surface area contributed by atoms with Crippen molar-refractivity contribution in [2.45, 2.75) is 84.8 Å². The summed E-state index contributed by atoms with van der Waals surface area (Å²) in [6.07, 6.45) is 1.14. The van der Waals surface area contributed by atoms with Crippen molar-refractivity contribution in [3.63, 3.8) is 0 Å². The first-order valence-electron chi connectivity index (χ1n) is 14.2. The molecule has 0 fully saturated rings. The van der Waals surface area contributed by atoms with Crippen LogP contribution in [0.1, 0.15) is 61.4 Å². The van der Waals surface area contributed by atoms with Crippen molar-refractivity contribution in [1.82, 2.24) is 10.2 Å². The molecule has 8 heteroatoms. The number of nitrogens with one attached hydrogen (secondary N) is 1. The third-order valence-electron chi connectivity index (χ3n) is 7.34. The van der Waals surface area contributed by atoms with Gasteiger partial charge in [-0.15, -0.1) is 0 Å². The summed E-state index contributed by atoms with van der Waals surface area (Å²) in [5.74, 6) is -0.697. The molecular formula is C33H43N3O4S. The van der Waals surface area contributed by atoms with Gasteiger partial charge in [0.05, 0.1) is 10.6 Å². The highest BCUT2D eigenvalue weighted by Gasteiger charge is 2.34. The zero-order chi connectivity index (χ0) is 30.3. The van der Waals surface area contributed by atoms with Crippen molar-refractivity contribution in [3.8, 4) is 0 Å². The van der Waals surface area contributed by atoms with E-state index < -0.39 is 28.5 Å². The smallest absolute Gasteiger partial charge is 0.264 e. The molecule has 0 bridgehead atoms. The monoisotopic (exact) mass is 577 g/mol. The van der Waals surface area contributed by atoms with Crippen LogP contribution in [0.2, 0.25) is 0 Å². The predicted molar refractivity (Wildman–Crippen MR) is 165 cm³/mol. The van der Waals surface area contributed by atoms with E-state index in [9.17, 15) is 18.0 Å². The van der Waals surface area contributed by atoms with Crippen molar-refractivity contribution in [2.75, 3.05) is 10.8 Å². The third kappa shape index (κ3) is 7.97. The van der Waals surface area contributed by atoms with Crippen LogP contribution in [-0.2, 0) is 26.2 Å². The van der Waals surface area contributed by atoms with Crippen molar-refractivity contribution < 1.29 is 18.0 Å². The van der Waals surface area contributed by atoms with Crippen LogP contribution in [0.3, 0.4) is 0 Å². The van der Waals surface area contributed by atoms with Crippen LogP contribution in [0.5, 0.6) is 0 Å². The van der Waals surface area contributed by atoms with Gasteiger partial charge in [0.1, 0.15) is 12.6 Å². The van der Waals surface area contributed by atoms with E-state index >= 15 is 0 Å². The minimum Gasteiger partial charge on any atom is -0.352 e. The number of aryl methyl sites for hydroxylation is 4. The van der Waals surface area contributed by atoms with E-state index in [-0.39, 0.29) is 23.4 Å². The molecule has 2 atom stereocenters. The summed E-state index contributed by atoms with van der Waals surface area (Å²) in [4.78, 5) is 29.3. The summed E-state index contributed by atoms with van der Waals surface area (Å²) in [5.41, 5.74) is 4.87. The Bertz CT molecular complexity index is 1470. The molecule has 0 aliphatic heterocycles. The third-order valence-corrected chi connectivity index (χ3v) is 9.12. The lowest BCUT2D eigenvalue weighted by Gasteiger charge is -2.34. The van der Waals surface area contributed by atoms with E-state index in [1.165, 1.54) is 9.21 Å². The summed E-state index contributed by atoms with van der Waals surface area (Å²) in [5, 5.41) is 3.01. The summed E-state index contributed by atoms with van der Waals surface area (Å²) >= 11 is 0. The molecule has 0 radical (unpaired) electrons. The van der Waals surface area contributed by atoms with Gasteiger partial charge in [0.25, 0.3) is 10.0 Å². The average molecular weight is 578 g/mol. The lowest BCUT2D eigenvalue weighted by Crippen LogP contribution is -2.53. The molecule has 0 aromatic heterocycles. The number of rotatable bonds is 12. The average Bonchev–Trinajstić information content (AvgIpc) is 2.93. The van der Waals surface area contributed by atoms with E-state index in [4.69, 9.17) is 0 Å². The highest BCUT2D eigenvalue weighted by atomic mass is 32.2. The molecule has 0 spiro atoms. The molecule has 0 aliphatic rings. The lowest BCUT2D eigenvalue weighted by molar-refractivity contribution is -0.140. The molecule has 0 aliphatic carbocycles. The molecule has 7 nitrogen and oxygen atoms in total. The van der Waals surface area contributed by atoms with Crippen LogP contribution < -0.4 is 9.62 Å². The fourth-order valence-corrected chi connectivity index (χ4v) is 6.18. The van der Waals surface area contributed by atoms with Crippen molar-refractivity contribution >= 4 is 27.5 Å². The van der Waals surface area contributed by atoms with Gasteiger partial charge in [-0.2, -0.15) is 0 Å². The van der Waals surface area contributed by atoms with Crippen molar-refractivity contribution in [1.29, 1.82) is 0 Å². The molecule has 3 rings (SSSR count). The summed E-state index contributed by atoms with van der Waals surface area (Å²) in [6, 6.07) is 19.1. The van der Waals surface area contributed by atoms with Gasteiger partial charge in [-0.1, -0.05) is 73.5 Å². The first-order valence-corrected chi connectivity index (χ1v) is 15.6. The van der Waals surface area contributed by atoms with Gasteiger partial charge < -0.3 is 10.2 Å². The number of benzene rings is 3. The van der Waals surface area contributed by atoms with Gasteiger partial charge in [-0.05, 0) is 82.3 Å². The highest BCUT2D eigenvalue weighted by Crippen LogP contribution is 2.29. The van der Waals surface area contributed by atoms with Crippen LogP contribution in [0.15, 0.2) is 71.6 Å². The topological polar surface area (TPSA) is 86.8 Å². The Morgan fingerprint density at radius 3 is 2.07 bits per heavy atom. The van der Waals surface area contributed by atoms with Gasteiger partial charge in [0, 0.05) is 12.6 Å². The zero-order valence-electron chi connectivity index (χ0n) is 25.3. The van der Waals surface area contributed by atoms with Crippen LogP contribution >= 0.6 is 0 Å². The van der Waals surface area contributed by atoms with Gasteiger partial charge in [0.2, 0.25) is 11.8 Å². The Morgan fingerprint density at radius 1 is 0.829 bits per heavy atom. The Morgan fingerprint density at radius 2 is 1.46 bits per heavy atom. The largest absolute Gasteiger partial charge is 0.352 e. The minimum atomic E-state index is -4.11. The zero-order valence-corrected chi connectivity index (χ0v) is 26.1.